The van der Waals surface area contributed by atoms with E-state index in [1.807, 2.05) is 0 Å². The van der Waals surface area contributed by atoms with Gasteiger partial charge >= 0.3 is 0 Å². The molecule has 2 aliphatic rings. The minimum Gasteiger partial charge on any atom is -0.304 e. The van der Waals surface area contributed by atoms with Gasteiger partial charge in [-0.15, -0.1) is 0 Å². The Morgan fingerprint density at radius 2 is 2.08 bits per heavy atom. The van der Waals surface area contributed by atoms with Crippen LogP contribution in [0.4, 0.5) is 4.39 Å². The summed E-state index contributed by atoms with van der Waals surface area (Å²) in [6.45, 7) is -0.750. The zero-order chi connectivity index (χ0) is 8.97. The van der Waals surface area contributed by atoms with Crippen molar-refractivity contribution >= 4 is 11.6 Å². The lowest BCUT2D eigenvalue weighted by Crippen LogP contribution is -1.99. The van der Waals surface area contributed by atoms with Crippen molar-refractivity contribution < 1.29 is 4.39 Å². The van der Waals surface area contributed by atoms with Crippen LogP contribution in [0.3, 0.4) is 0 Å². The zero-order valence-corrected chi connectivity index (χ0v) is 7.44. The summed E-state index contributed by atoms with van der Waals surface area (Å²) in [7, 11) is 0. The van der Waals surface area contributed by atoms with E-state index < -0.39 is 6.80 Å². The first-order valence-corrected chi connectivity index (χ1v) is 4.19. The molecule has 2 aliphatic carbocycles. The molecule has 3 heteroatoms. The molecule has 2 N–H and O–H groups in total. The first-order valence-electron chi connectivity index (χ1n) is 3.81. The minimum atomic E-state index is -0.750. The summed E-state index contributed by atoms with van der Waals surface area (Å²) < 4.78 is 10.1. The van der Waals surface area contributed by atoms with Gasteiger partial charge in [0, 0.05) is 5.02 Å². The van der Waals surface area contributed by atoms with Gasteiger partial charge in [-0.05, 0) is 30.0 Å². The summed E-state index contributed by atoms with van der Waals surface area (Å²) in [6, 6.07) is 6.31. The van der Waals surface area contributed by atoms with E-state index >= 15 is 0 Å². The summed E-state index contributed by atoms with van der Waals surface area (Å²) >= 11 is 5.87. The molecule has 1 aromatic carbocycles. The SMILES string of the molecule is Clc1cc2ccc1CC2.NCF. The monoisotopic (exact) mass is 187 g/mol. The maximum Gasteiger partial charge on any atom is 0.138 e. The lowest BCUT2D eigenvalue weighted by Gasteiger charge is -2.12. The molecule has 0 heterocycles. The number of fused-ring (bicyclic) bond motifs is 3. The molecule has 0 aromatic heterocycles. The van der Waals surface area contributed by atoms with E-state index in [2.05, 4.69) is 23.9 Å². The van der Waals surface area contributed by atoms with Gasteiger partial charge in [0.25, 0.3) is 0 Å². The molecule has 0 atom stereocenters. The van der Waals surface area contributed by atoms with E-state index in [4.69, 9.17) is 11.6 Å². The van der Waals surface area contributed by atoms with Gasteiger partial charge in [0.15, 0.2) is 0 Å². The maximum atomic E-state index is 10.1. The van der Waals surface area contributed by atoms with E-state index in [0.29, 0.717) is 0 Å². The molecule has 0 amide bonds. The Balaban J connectivity index is 0.000000213. The molecule has 66 valence electrons. The highest BCUT2D eigenvalue weighted by molar-refractivity contribution is 6.31. The second-order valence-electron chi connectivity index (χ2n) is 2.58. The Morgan fingerprint density at radius 3 is 2.25 bits per heavy atom. The van der Waals surface area contributed by atoms with Crippen LogP contribution in [-0.4, -0.2) is 6.80 Å². The van der Waals surface area contributed by atoms with Gasteiger partial charge in [-0.1, -0.05) is 23.7 Å². The van der Waals surface area contributed by atoms with Crippen molar-refractivity contribution in [1.82, 2.24) is 0 Å². The molecular weight excluding hydrogens is 177 g/mol. The maximum absolute atomic E-state index is 10.1. The van der Waals surface area contributed by atoms with Crippen molar-refractivity contribution in [3.05, 3.63) is 34.3 Å². The van der Waals surface area contributed by atoms with E-state index in [0.717, 1.165) is 11.4 Å². The van der Waals surface area contributed by atoms with Crippen LogP contribution in [0.5, 0.6) is 0 Å². The molecule has 0 aliphatic heterocycles. The highest BCUT2D eigenvalue weighted by Crippen LogP contribution is 2.24. The predicted molar refractivity (Wildman–Crippen MR) is 49.0 cm³/mol. The molecular formula is C9H11ClFN. The van der Waals surface area contributed by atoms with E-state index in [1.165, 1.54) is 17.5 Å². The third kappa shape index (κ3) is 2.19. The molecule has 0 saturated heterocycles. The van der Waals surface area contributed by atoms with E-state index in [-0.39, 0.29) is 0 Å². The second-order valence-corrected chi connectivity index (χ2v) is 2.99. The first kappa shape index (κ1) is 9.49. The normalized spacial score (nSPS) is 12.2. The molecule has 12 heavy (non-hydrogen) atoms. The summed E-state index contributed by atoms with van der Waals surface area (Å²) in [5, 5.41) is 0.943. The third-order valence-corrected chi connectivity index (χ3v) is 2.15. The van der Waals surface area contributed by atoms with Crippen LogP contribution in [0.15, 0.2) is 18.2 Å². The molecule has 2 bridgehead atoms. The number of benzene rings is 1. The third-order valence-electron chi connectivity index (χ3n) is 1.80. The van der Waals surface area contributed by atoms with Gasteiger partial charge in [-0.3, -0.25) is 0 Å². The summed E-state index contributed by atoms with van der Waals surface area (Å²) in [6.07, 6.45) is 2.32. The molecule has 0 spiro atoms. The molecule has 0 saturated carbocycles. The highest BCUT2D eigenvalue weighted by Gasteiger charge is 2.07. The lowest BCUT2D eigenvalue weighted by molar-refractivity contribution is 0.510. The van der Waals surface area contributed by atoms with Crippen LogP contribution in [-0.2, 0) is 12.8 Å². The molecule has 1 nitrogen and oxygen atoms in total. The minimum absolute atomic E-state index is 0.750. The van der Waals surface area contributed by atoms with Crippen LogP contribution in [0.2, 0.25) is 5.02 Å². The summed E-state index contributed by atoms with van der Waals surface area (Å²) in [4.78, 5) is 0. The second kappa shape index (κ2) is 4.43. The van der Waals surface area contributed by atoms with Gasteiger partial charge < -0.3 is 5.73 Å². The van der Waals surface area contributed by atoms with Gasteiger partial charge in [0.05, 0.1) is 0 Å². The Labute approximate surface area is 76.3 Å². The van der Waals surface area contributed by atoms with Crippen molar-refractivity contribution in [1.29, 1.82) is 0 Å². The van der Waals surface area contributed by atoms with Gasteiger partial charge in [0.2, 0.25) is 0 Å². The Hall–Kier alpha value is -0.600. The topological polar surface area (TPSA) is 26.0 Å². The predicted octanol–water partition coefficient (Wildman–Crippen LogP) is 2.31. The number of rotatable bonds is 0. The first-order chi connectivity index (χ1) is 5.77. The van der Waals surface area contributed by atoms with Crippen molar-refractivity contribution in [2.75, 3.05) is 6.80 Å². The van der Waals surface area contributed by atoms with Crippen LogP contribution < -0.4 is 5.73 Å². The van der Waals surface area contributed by atoms with Crippen molar-refractivity contribution in [2.45, 2.75) is 12.8 Å². The summed E-state index contributed by atoms with van der Waals surface area (Å²) in [5.74, 6) is 0. The molecule has 1 aromatic rings. The fraction of sp³-hybridized carbons (Fsp3) is 0.333. The van der Waals surface area contributed by atoms with Crippen LogP contribution >= 0.6 is 11.6 Å². The number of aryl methyl sites for hydroxylation is 2. The largest absolute Gasteiger partial charge is 0.304 e. The standard InChI is InChI=1S/C8H7Cl.CH4FN/c9-8-5-6-1-3-7(8)4-2-6;2-1-3/h1,3,5H,2,4H2;1,3H2. The number of hydrogen-bond acceptors (Lipinski definition) is 1. The molecule has 0 fully saturated rings. The van der Waals surface area contributed by atoms with E-state index in [9.17, 15) is 4.39 Å². The Kier molecular flexibility index (Phi) is 3.50. The van der Waals surface area contributed by atoms with Crippen molar-refractivity contribution in [2.24, 2.45) is 5.73 Å². The van der Waals surface area contributed by atoms with Gasteiger partial charge in [0.1, 0.15) is 6.80 Å². The van der Waals surface area contributed by atoms with Crippen molar-refractivity contribution in [3.63, 3.8) is 0 Å². The quantitative estimate of drug-likeness (QED) is 0.620. The summed E-state index contributed by atoms with van der Waals surface area (Å²) in [5.41, 5.74) is 6.85. The zero-order valence-electron chi connectivity index (χ0n) is 6.69. The average Bonchev–Trinajstić information content (AvgIpc) is 2.07. The molecule has 3 rings (SSSR count). The van der Waals surface area contributed by atoms with E-state index in [1.54, 1.807) is 0 Å². The number of nitrogens with two attached hydrogens (primary N) is 1. The Morgan fingerprint density at radius 1 is 1.42 bits per heavy atom. The molecule has 0 radical (unpaired) electrons. The van der Waals surface area contributed by atoms with Gasteiger partial charge in [-0.2, -0.15) is 0 Å². The lowest BCUT2D eigenvalue weighted by atomic mass is 9.97. The molecule has 0 unspecified atom stereocenters. The number of halogens is 2. The van der Waals surface area contributed by atoms with Crippen LogP contribution in [0, 0.1) is 0 Å². The van der Waals surface area contributed by atoms with Crippen LogP contribution in [0.25, 0.3) is 0 Å². The number of hydrogen-bond donors (Lipinski definition) is 1. The Bertz CT molecular complexity index is 263. The van der Waals surface area contributed by atoms with Crippen molar-refractivity contribution in [3.8, 4) is 0 Å². The highest BCUT2D eigenvalue weighted by atomic mass is 35.5. The average molecular weight is 188 g/mol. The van der Waals surface area contributed by atoms with Gasteiger partial charge in [-0.25, -0.2) is 4.39 Å². The van der Waals surface area contributed by atoms with Crippen LogP contribution in [0.1, 0.15) is 11.1 Å². The smallest absolute Gasteiger partial charge is 0.138 e. The fourth-order valence-electron chi connectivity index (χ4n) is 1.23. The number of alkyl halides is 1. The fourth-order valence-corrected chi connectivity index (χ4v) is 1.53.